The SMILES string of the molecule is CC(C)(CCc1ccccc1)NO. The highest BCUT2D eigenvalue weighted by molar-refractivity contribution is 5.15. The molecule has 0 aliphatic rings. The lowest BCUT2D eigenvalue weighted by molar-refractivity contribution is 0.0767. The average molecular weight is 179 g/mol. The van der Waals surface area contributed by atoms with Crippen LogP contribution in [0, 0.1) is 0 Å². The lowest BCUT2D eigenvalue weighted by Gasteiger charge is -2.22. The molecule has 0 aliphatic carbocycles. The topological polar surface area (TPSA) is 32.3 Å². The molecule has 0 unspecified atom stereocenters. The van der Waals surface area contributed by atoms with Crippen molar-refractivity contribution in [3.05, 3.63) is 35.9 Å². The van der Waals surface area contributed by atoms with Gasteiger partial charge in [0.25, 0.3) is 0 Å². The van der Waals surface area contributed by atoms with E-state index in [9.17, 15) is 0 Å². The number of rotatable bonds is 4. The number of nitrogens with one attached hydrogen (secondary N) is 1. The van der Waals surface area contributed by atoms with Crippen molar-refractivity contribution in [1.29, 1.82) is 0 Å². The van der Waals surface area contributed by atoms with Crippen molar-refractivity contribution in [2.24, 2.45) is 0 Å². The third-order valence-electron chi connectivity index (χ3n) is 2.18. The first kappa shape index (κ1) is 10.2. The van der Waals surface area contributed by atoms with Crippen molar-refractivity contribution in [3.63, 3.8) is 0 Å². The first-order valence-electron chi connectivity index (χ1n) is 4.59. The van der Waals surface area contributed by atoms with Gasteiger partial charge in [-0.3, -0.25) is 0 Å². The first-order valence-corrected chi connectivity index (χ1v) is 4.59. The molecule has 72 valence electrons. The molecular formula is C11H17NO. The minimum Gasteiger partial charge on any atom is -0.316 e. The van der Waals surface area contributed by atoms with Gasteiger partial charge in [0.1, 0.15) is 0 Å². The van der Waals surface area contributed by atoms with Gasteiger partial charge in [-0.15, -0.1) is 0 Å². The summed E-state index contributed by atoms with van der Waals surface area (Å²) in [5.74, 6) is 0. The number of benzene rings is 1. The van der Waals surface area contributed by atoms with Crippen LogP contribution in [0.25, 0.3) is 0 Å². The van der Waals surface area contributed by atoms with E-state index in [1.807, 2.05) is 32.0 Å². The van der Waals surface area contributed by atoms with Gasteiger partial charge in [-0.1, -0.05) is 30.3 Å². The van der Waals surface area contributed by atoms with E-state index < -0.39 is 0 Å². The second-order valence-electron chi connectivity index (χ2n) is 3.98. The minimum absolute atomic E-state index is 0.199. The molecular weight excluding hydrogens is 162 g/mol. The minimum atomic E-state index is -0.199. The zero-order valence-corrected chi connectivity index (χ0v) is 8.25. The molecule has 1 rings (SSSR count). The van der Waals surface area contributed by atoms with Crippen molar-refractivity contribution in [1.82, 2.24) is 5.48 Å². The van der Waals surface area contributed by atoms with E-state index in [1.54, 1.807) is 0 Å². The van der Waals surface area contributed by atoms with Crippen molar-refractivity contribution in [2.75, 3.05) is 0 Å². The third kappa shape index (κ3) is 3.57. The predicted octanol–water partition coefficient (Wildman–Crippen LogP) is 2.38. The van der Waals surface area contributed by atoms with Crippen molar-refractivity contribution in [3.8, 4) is 0 Å². The molecule has 2 heteroatoms. The molecule has 0 bridgehead atoms. The van der Waals surface area contributed by atoms with Crippen LogP contribution in [0.2, 0.25) is 0 Å². The van der Waals surface area contributed by atoms with Gasteiger partial charge < -0.3 is 5.21 Å². The molecule has 2 N–H and O–H groups in total. The predicted molar refractivity (Wildman–Crippen MR) is 53.8 cm³/mol. The maximum Gasteiger partial charge on any atom is 0.0377 e. The van der Waals surface area contributed by atoms with Gasteiger partial charge in [-0.05, 0) is 32.3 Å². The van der Waals surface area contributed by atoms with E-state index >= 15 is 0 Å². The van der Waals surface area contributed by atoms with Crippen molar-refractivity contribution < 1.29 is 5.21 Å². The lowest BCUT2D eigenvalue weighted by Crippen LogP contribution is -2.36. The highest BCUT2D eigenvalue weighted by atomic mass is 16.5. The lowest BCUT2D eigenvalue weighted by atomic mass is 9.96. The molecule has 0 spiro atoms. The Kier molecular flexibility index (Phi) is 3.46. The Hall–Kier alpha value is -0.860. The Bertz CT molecular complexity index is 244. The molecule has 0 radical (unpaired) electrons. The zero-order chi connectivity index (χ0) is 9.73. The smallest absolute Gasteiger partial charge is 0.0377 e. The van der Waals surface area contributed by atoms with Crippen LogP contribution < -0.4 is 5.48 Å². The molecule has 2 nitrogen and oxygen atoms in total. The molecule has 0 atom stereocenters. The Balaban J connectivity index is 2.44. The number of hydroxylamine groups is 1. The Morgan fingerprint density at radius 2 is 1.85 bits per heavy atom. The van der Waals surface area contributed by atoms with Crippen LogP contribution in [0.1, 0.15) is 25.8 Å². The summed E-state index contributed by atoms with van der Waals surface area (Å²) in [6.07, 6.45) is 1.91. The molecule has 0 heterocycles. The van der Waals surface area contributed by atoms with Gasteiger partial charge in [0.2, 0.25) is 0 Å². The van der Waals surface area contributed by atoms with Gasteiger partial charge >= 0.3 is 0 Å². The van der Waals surface area contributed by atoms with Gasteiger partial charge in [0.15, 0.2) is 0 Å². The first-order chi connectivity index (χ1) is 6.14. The van der Waals surface area contributed by atoms with Gasteiger partial charge in [0, 0.05) is 5.54 Å². The van der Waals surface area contributed by atoms with Crippen molar-refractivity contribution >= 4 is 0 Å². The molecule has 0 amide bonds. The molecule has 0 fully saturated rings. The third-order valence-corrected chi connectivity index (χ3v) is 2.18. The standard InChI is InChI=1S/C11H17NO/c1-11(2,12-13)9-8-10-6-4-3-5-7-10/h3-7,12-13H,8-9H2,1-2H3. The van der Waals surface area contributed by atoms with Gasteiger partial charge in [-0.25, -0.2) is 5.48 Å². The molecule has 0 saturated heterocycles. The van der Waals surface area contributed by atoms with Crippen LogP contribution in [0.5, 0.6) is 0 Å². The largest absolute Gasteiger partial charge is 0.316 e. The van der Waals surface area contributed by atoms with Crippen LogP contribution in [0.15, 0.2) is 30.3 Å². The van der Waals surface area contributed by atoms with E-state index in [1.165, 1.54) is 5.56 Å². The van der Waals surface area contributed by atoms with Crippen molar-refractivity contribution in [2.45, 2.75) is 32.2 Å². The summed E-state index contributed by atoms with van der Waals surface area (Å²) in [6.45, 7) is 3.96. The Labute approximate surface area is 79.6 Å². The number of aryl methyl sites for hydroxylation is 1. The summed E-state index contributed by atoms with van der Waals surface area (Å²) in [5, 5.41) is 8.82. The Morgan fingerprint density at radius 1 is 1.23 bits per heavy atom. The molecule has 0 aromatic heterocycles. The molecule has 0 aliphatic heterocycles. The molecule has 13 heavy (non-hydrogen) atoms. The zero-order valence-electron chi connectivity index (χ0n) is 8.25. The summed E-state index contributed by atoms with van der Waals surface area (Å²) >= 11 is 0. The van der Waals surface area contributed by atoms with Crippen LogP contribution in [0.4, 0.5) is 0 Å². The van der Waals surface area contributed by atoms with E-state index in [-0.39, 0.29) is 5.54 Å². The van der Waals surface area contributed by atoms with Crippen LogP contribution in [0.3, 0.4) is 0 Å². The summed E-state index contributed by atoms with van der Waals surface area (Å²) in [6, 6.07) is 10.3. The van der Waals surface area contributed by atoms with Gasteiger partial charge in [-0.2, -0.15) is 0 Å². The maximum absolute atomic E-state index is 8.82. The summed E-state index contributed by atoms with van der Waals surface area (Å²) < 4.78 is 0. The highest BCUT2D eigenvalue weighted by Gasteiger charge is 2.15. The maximum atomic E-state index is 8.82. The highest BCUT2D eigenvalue weighted by Crippen LogP contribution is 2.12. The van der Waals surface area contributed by atoms with E-state index in [2.05, 4.69) is 17.6 Å². The number of hydrogen-bond acceptors (Lipinski definition) is 2. The summed E-state index contributed by atoms with van der Waals surface area (Å²) in [5.41, 5.74) is 3.42. The van der Waals surface area contributed by atoms with Crippen LogP contribution in [-0.2, 0) is 6.42 Å². The summed E-state index contributed by atoms with van der Waals surface area (Å²) in [7, 11) is 0. The monoisotopic (exact) mass is 179 g/mol. The van der Waals surface area contributed by atoms with Crippen LogP contribution >= 0.6 is 0 Å². The number of hydrogen-bond donors (Lipinski definition) is 2. The van der Waals surface area contributed by atoms with E-state index in [0.717, 1.165) is 12.8 Å². The normalized spacial score (nSPS) is 11.6. The second-order valence-corrected chi connectivity index (χ2v) is 3.98. The summed E-state index contributed by atoms with van der Waals surface area (Å²) in [4.78, 5) is 0. The van der Waals surface area contributed by atoms with Crippen LogP contribution in [-0.4, -0.2) is 10.7 Å². The molecule has 1 aromatic carbocycles. The fourth-order valence-electron chi connectivity index (χ4n) is 1.16. The van der Waals surface area contributed by atoms with E-state index in [4.69, 9.17) is 5.21 Å². The Morgan fingerprint density at radius 3 is 2.38 bits per heavy atom. The quantitative estimate of drug-likeness (QED) is 0.695. The average Bonchev–Trinajstić information content (AvgIpc) is 2.17. The molecule has 1 aromatic rings. The fourth-order valence-corrected chi connectivity index (χ4v) is 1.16. The second kappa shape index (κ2) is 4.40. The van der Waals surface area contributed by atoms with Gasteiger partial charge in [0.05, 0.1) is 0 Å². The molecule has 0 saturated carbocycles. The van der Waals surface area contributed by atoms with E-state index in [0.29, 0.717) is 0 Å². The fraction of sp³-hybridized carbons (Fsp3) is 0.455.